The molecule has 2 aromatic carbocycles. The zero-order valence-corrected chi connectivity index (χ0v) is 12.6. The molecule has 0 aliphatic rings. The van der Waals surface area contributed by atoms with Crippen LogP contribution in [0.1, 0.15) is 5.69 Å². The summed E-state index contributed by atoms with van der Waals surface area (Å²) in [6, 6.07) is 13.9. The fourth-order valence-electron chi connectivity index (χ4n) is 2.06. The van der Waals surface area contributed by atoms with Crippen molar-refractivity contribution in [3.63, 3.8) is 0 Å². The van der Waals surface area contributed by atoms with E-state index < -0.39 is 5.82 Å². The molecule has 0 unspecified atom stereocenters. The smallest absolute Gasteiger partial charge is 0.166 e. The zero-order chi connectivity index (χ0) is 14.8. The molecule has 0 aliphatic heterocycles. The van der Waals surface area contributed by atoms with Gasteiger partial charge in [-0.1, -0.05) is 28.1 Å². The molecule has 0 fully saturated rings. The van der Waals surface area contributed by atoms with Crippen LogP contribution in [0.2, 0.25) is 0 Å². The second-order valence-corrected chi connectivity index (χ2v) is 5.43. The second-order valence-electron chi connectivity index (χ2n) is 4.51. The van der Waals surface area contributed by atoms with Gasteiger partial charge in [0.05, 0.1) is 11.2 Å². The minimum Gasteiger partial charge on any atom is -0.454 e. The Bertz CT molecular complexity index is 807. The van der Waals surface area contributed by atoms with Crippen LogP contribution in [-0.4, -0.2) is 4.98 Å². The van der Waals surface area contributed by atoms with Crippen molar-refractivity contribution in [1.82, 2.24) is 4.98 Å². The molecule has 3 rings (SSSR count). The molecule has 0 atom stereocenters. The van der Waals surface area contributed by atoms with Crippen LogP contribution in [0.25, 0.3) is 10.9 Å². The quantitative estimate of drug-likeness (QED) is 0.765. The van der Waals surface area contributed by atoms with E-state index in [-0.39, 0.29) is 5.75 Å². The number of ether oxygens (including phenoxy) is 1. The molecule has 1 aromatic heterocycles. The Morgan fingerprint density at radius 2 is 1.90 bits per heavy atom. The molecule has 1 heterocycles. The van der Waals surface area contributed by atoms with E-state index >= 15 is 0 Å². The summed E-state index contributed by atoms with van der Waals surface area (Å²) in [5.41, 5.74) is 7.12. The van der Waals surface area contributed by atoms with Crippen LogP contribution in [0, 0.1) is 5.82 Å². The van der Waals surface area contributed by atoms with Crippen molar-refractivity contribution >= 4 is 26.8 Å². The third-order valence-corrected chi connectivity index (χ3v) is 3.55. The third-order valence-electron chi connectivity index (χ3n) is 3.05. The van der Waals surface area contributed by atoms with Crippen LogP contribution in [0.4, 0.5) is 4.39 Å². The second kappa shape index (κ2) is 5.79. The fourth-order valence-corrected chi connectivity index (χ4v) is 2.39. The number of benzene rings is 2. The van der Waals surface area contributed by atoms with Crippen molar-refractivity contribution < 1.29 is 9.13 Å². The van der Waals surface area contributed by atoms with E-state index in [2.05, 4.69) is 20.9 Å². The number of halogens is 2. The lowest BCUT2D eigenvalue weighted by Gasteiger charge is -2.11. The number of hydrogen-bond acceptors (Lipinski definition) is 3. The van der Waals surface area contributed by atoms with E-state index in [0.29, 0.717) is 22.5 Å². The number of fused-ring (bicyclic) bond motifs is 1. The minimum absolute atomic E-state index is 0.164. The van der Waals surface area contributed by atoms with Crippen molar-refractivity contribution in [2.45, 2.75) is 6.54 Å². The van der Waals surface area contributed by atoms with E-state index in [4.69, 9.17) is 10.5 Å². The number of pyridine rings is 1. The summed E-state index contributed by atoms with van der Waals surface area (Å²) in [4.78, 5) is 4.43. The molecular weight excluding hydrogens is 335 g/mol. The Morgan fingerprint density at radius 1 is 1.10 bits per heavy atom. The highest BCUT2D eigenvalue weighted by Crippen LogP contribution is 2.32. The number of aromatic nitrogens is 1. The maximum Gasteiger partial charge on any atom is 0.166 e. The Morgan fingerprint density at radius 3 is 2.67 bits per heavy atom. The molecule has 0 bridgehead atoms. The van der Waals surface area contributed by atoms with Crippen LogP contribution in [0.15, 0.2) is 53.0 Å². The maximum atomic E-state index is 13.9. The van der Waals surface area contributed by atoms with Gasteiger partial charge in [0.15, 0.2) is 11.6 Å². The van der Waals surface area contributed by atoms with E-state index in [1.54, 1.807) is 18.2 Å². The van der Waals surface area contributed by atoms with Gasteiger partial charge in [-0.25, -0.2) is 4.39 Å². The highest BCUT2D eigenvalue weighted by atomic mass is 79.9. The number of rotatable bonds is 3. The summed E-state index contributed by atoms with van der Waals surface area (Å²) < 4.78 is 20.3. The number of para-hydroxylation sites is 1. The lowest BCUT2D eigenvalue weighted by molar-refractivity contribution is 0.445. The lowest BCUT2D eigenvalue weighted by atomic mass is 10.2. The number of hydrogen-bond donors (Lipinski definition) is 1. The topological polar surface area (TPSA) is 48.1 Å². The van der Waals surface area contributed by atoms with E-state index in [1.165, 1.54) is 6.07 Å². The van der Waals surface area contributed by atoms with Crippen LogP contribution < -0.4 is 10.5 Å². The van der Waals surface area contributed by atoms with Gasteiger partial charge in [-0.05, 0) is 30.3 Å². The monoisotopic (exact) mass is 346 g/mol. The SMILES string of the molecule is NCc1cc(Oc2ccc(Br)cc2F)c2ccccc2n1. The van der Waals surface area contributed by atoms with Gasteiger partial charge in [0.2, 0.25) is 0 Å². The summed E-state index contributed by atoms with van der Waals surface area (Å²) in [6.07, 6.45) is 0. The average Bonchev–Trinajstić information content (AvgIpc) is 2.49. The molecule has 21 heavy (non-hydrogen) atoms. The first-order valence-corrected chi connectivity index (χ1v) is 7.18. The normalized spacial score (nSPS) is 10.8. The Labute approximate surface area is 129 Å². The summed E-state index contributed by atoms with van der Waals surface area (Å²) in [6.45, 7) is 0.296. The van der Waals surface area contributed by atoms with Crippen molar-refractivity contribution in [2.75, 3.05) is 0 Å². The van der Waals surface area contributed by atoms with Crippen LogP contribution in [0.5, 0.6) is 11.5 Å². The van der Waals surface area contributed by atoms with Gasteiger partial charge in [-0.2, -0.15) is 0 Å². The molecule has 106 valence electrons. The van der Waals surface area contributed by atoms with Crippen molar-refractivity contribution in [1.29, 1.82) is 0 Å². The van der Waals surface area contributed by atoms with Gasteiger partial charge in [-0.15, -0.1) is 0 Å². The molecule has 3 aromatic rings. The lowest BCUT2D eigenvalue weighted by Crippen LogP contribution is -2.01. The van der Waals surface area contributed by atoms with Gasteiger partial charge in [0, 0.05) is 22.5 Å². The minimum atomic E-state index is -0.431. The molecule has 0 radical (unpaired) electrons. The summed E-state index contributed by atoms with van der Waals surface area (Å²) in [5, 5.41) is 0.817. The summed E-state index contributed by atoms with van der Waals surface area (Å²) in [5.74, 6) is 0.277. The predicted molar refractivity (Wildman–Crippen MR) is 83.8 cm³/mol. The largest absolute Gasteiger partial charge is 0.454 e. The van der Waals surface area contributed by atoms with E-state index in [0.717, 1.165) is 10.9 Å². The molecule has 0 amide bonds. The fraction of sp³-hybridized carbons (Fsp3) is 0.0625. The van der Waals surface area contributed by atoms with Crippen LogP contribution >= 0.6 is 15.9 Å². The summed E-state index contributed by atoms with van der Waals surface area (Å²) >= 11 is 3.22. The maximum absolute atomic E-state index is 13.9. The molecule has 3 nitrogen and oxygen atoms in total. The van der Waals surface area contributed by atoms with Crippen LogP contribution in [0.3, 0.4) is 0 Å². The van der Waals surface area contributed by atoms with Gasteiger partial charge in [0.1, 0.15) is 5.75 Å². The molecule has 0 saturated carbocycles. The first-order chi connectivity index (χ1) is 10.2. The molecule has 0 saturated heterocycles. The van der Waals surface area contributed by atoms with E-state index in [9.17, 15) is 4.39 Å². The Hall–Kier alpha value is -1.98. The summed E-state index contributed by atoms with van der Waals surface area (Å²) in [7, 11) is 0. The van der Waals surface area contributed by atoms with Crippen molar-refractivity contribution in [3.8, 4) is 11.5 Å². The average molecular weight is 347 g/mol. The number of nitrogens with zero attached hydrogens (tertiary/aromatic N) is 1. The molecule has 0 spiro atoms. The number of nitrogens with two attached hydrogens (primary N) is 1. The van der Waals surface area contributed by atoms with Gasteiger partial charge < -0.3 is 10.5 Å². The van der Waals surface area contributed by atoms with E-state index in [1.807, 2.05) is 24.3 Å². The first kappa shape index (κ1) is 14.0. The molecular formula is C16H12BrFN2O. The van der Waals surface area contributed by atoms with Crippen molar-refractivity contribution in [2.24, 2.45) is 5.73 Å². The first-order valence-electron chi connectivity index (χ1n) is 6.39. The van der Waals surface area contributed by atoms with Gasteiger partial charge in [0.25, 0.3) is 0 Å². The van der Waals surface area contributed by atoms with Crippen molar-refractivity contribution in [3.05, 3.63) is 64.5 Å². The zero-order valence-electron chi connectivity index (χ0n) is 11.0. The van der Waals surface area contributed by atoms with Crippen LogP contribution in [-0.2, 0) is 6.54 Å². The highest BCUT2D eigenvalue weighted by Gasteiger charge is 2.10. The predicted octanol–water partition coefficient (Wildman–Crippen LogP) is 4.39. The highest BCUT2D eigenvalue weighted by molar-refractivity contribution is 9.10. The standard InChI is InChI=1S/C16H12BrFN2O/c17-10-5-6-15(13(18)7-10)21-16-8-11(9-19)20-14-4-2-1-3-12(14)16/h1-8H,9,19H2. The molecule has 0 aliphatic carbocycles. The Balaban J connectivity index is 2.10. The van der Waals surface area contributed by atoms with Gasteiger partial charge >= 0.3 is 0 Å². The van der Waals surface area contributed by atoms with Gasteiger partial charge in [-0.3, -0.25) is 4.98 Å². The molecule has 5 heteroatoms. The molecule has 2 N–H and O–H groups in total. The third kappa shape index (κ3) is 2.89. The Kier molecular flexibility index (Phi) is 3.86.